The van der Waals surface area contributed by atoms with Gasteiger partial charge in [-0.1, -0.05) is 0 Å². The molecule has 112 valence electrons. The zero-order chi connectivity index (χ0) is 14.8. The second-order valence-electron chi connectivity index (χ2n) is 5.43. The Balaban J connectivity index is 1.51. The van der Waals surface area contributed by atoms with Crippen LogP contribution in [0.3, 0.4) is 0 Å². The largest absolute Gasteiger partial charge is 0.365 e. The summed E-state index contributed by atoms with van der Waals surface area (Å²) in [7, 11) is 0. The highest BCUT2D eigenvalue weighted by Gasteiger charge is 2.13. The van der Waals surface area contributed by atoms with Crippen LogP contribution in [0.2, 0.25) is 0 Å². The molecule has 0 radical (unpaired) electrons. The third-order valence-electron chi connectivity index (χ3n) is 3.96. The van der Waals surface area contributed by atoms with Crippen molar-refractivity contribution in [1.29, 1.82) is 0 Å². The molecule has 1 aliphatic rings. The predicted octanol–water partition coefficient (Wildman–Crippen LogP) is 3.30. The van der Waals surface area contributed by atoms with Crippen molar-refractivity contribution < 1.29 is 0 Å². The number of thiophene rings is 1. The highest BCUT2D eigenvalue weighted by molar-refractivity contribution is 7.16. The molecule has 0 spiro atoms. The maximum Gasteiger partial charge on any atom is 0.138 e. The van der Waals surface area contributed by atoms with Crippen LogP contribution in [0.25, 0.3) is 10.2 Å². The Morgan fingerprint density at radius 2 is 2.05 bits per heavy atom. The van der Waals surface area contributed by atoms with Crippen LogP contribution in [-0.2, 0) is 6.54 Å². The molecule has 6 heteroatoms. The molecule has 0 unspecified atom stereocenters. The van der Waals surface area contributed by atoms with Crippen LogP contribution in [-0.4, -0.2) is 28.0 Å². The number of pyridine rings is 1. The molecule has 0 saturated carbocycles. The highest BCUT2D eigenvalue weighted by Crippen LogP contribution is 2.24. The van der Waals surface area contributed by atoms with E-state index in [1.54, 1.807) is 17.7 Å². The molecule has 0 amide bonds. The van der Waals surface area contributed by atoms with Crippen molar-refractivity contribution >= 4 is 33.2 Å². The molecule has 0 bridgehead atoms. The van der Waals surface area contributed by atoms with Gasteiger partial charge in [0.15, 0.2) is 0 Å². The molecule has 1 N–H and O–H groups in total. The number of aromatic nitrogens is 3. The summed E-state index contributed by atoms with van der Waals surface area (Å²) in [5, 5.41) is 6.55. The average Bonchev–Trinajstić information content (AvgIpc) is 3.24. The van der Waals surface area contributed by atoms with Crippen LogP contribution in [0.1, 0.15) is 18.4 Å². The minimum absolute atomic E-state index is 0.741. The first-order valence-corrected chi connectivity index (χ1v) is 8.40. The van der Waals surface area contributed by atoms with Gasteiger partial charge in [0.05, 0.1) is 5.39 Å². The molecule has 4 heterocycles. The SMILES string of the molecule is c1cc(CNc2ncnc3sccc23)cc(N2CCCC2)n1. The molecule has 22 heavy (non-hydrogen) atoms. The van der Waals surface area contributed by atoms with Gasteiger partial charge in [-0.25, -0.2) is 15.0 Å². The zero-order valence-corrected chi connectivity index (χ0v) is 13.0. The van der Waals surface area contributed by atoms with Crippen LogP contribution in [0.5, 0.6) is 0 Å². The zero-order valence-electron chi connectivity index (χ0n) is 12.2. The van der Waals surface area contributed by atoms with Crippen molar-refractivity contribution in [1.82, 2.24) is 15.0 Å². The van der Waals surface area contributed by atoms with E-state index in [0.29, 0.717) is 0 Å². The lowest BCUT2D eigenvalue weighted by Crippen LogP contribution is -2.19. The van der Waals surface area contributed by atoms with E-state index in [1.165, 1.54) is 18.4 Å². The number of nitrogens with one attached hydrogen (secondary N) is 1. The maximum atomic E-state index is 4.49. The van der Waals surface area contributed by atoms with E-state index in [9.17, 15) is 0 Å². The summed E-state index contributed by atoms with van der Waals surface area (Å²) in [6.07, 6.45) is 6.04. The predicted molar refractivity (Wildman–Crippen MR) is 90.4 cm³/mol. The van der Waals surface area contributed by atoms with Gasteiger partial charge in [0.2, 0.25) is 0 Å². The normalized spacial score (nSPS) is 14.6. The number of hydrogen-bond donors (Lipinski definition) is 1. The number of fused-ring (bicyclic) bond motifs is 1. The minimum atomic E-state index is 0.741. The Labute approximate surface area is 133 Å². The smallest absolute Gasteiger partial charge is 0.138 e. The maximum absolute atomic E-state index is 4.49. The van der Waals surface area contributed by atoms with E-state index in [1.807, 2.05) is 11.6 Å². The van der Waals surface area contributed by atoms with Gasteiger partial charge < -0.3 is 10.2 Å². The Hall–Kier alpha value is -2.21. The van der Waals surface area contributed by atoms with Crippen molar-refractivity contribution in [3.05, 3.63) is 41.7 Å². The molecule has 0 atom stereocenters. The van der Waals surface area contributed by atoms with E-state index in [4.69, 9.17) is 0 Å². The van der Waals surface area contributed by atoms with E-state index in [0.717, 1.165) is 41.5 Å². The summed E-state index contributed by atoms with van der Waals surface area (Å²) in [4.78, 5) is 16.5. The summed E-state index contributed by atoms with van der Waals surface area (Å²) in [5.74, 6) is 1.98. The first-order chi connectivity index (χ1) is 10.9. The molecule has 3 aromatic heterocycles. The van der Waals surface area contributed by atoms with Crippen LogP contribution in [0.4, 0.5) is 11.6 Å². The quantitative estimate of drug-likeness (QED) is 0.801. The Morgan fingerprint density at radius 3 is 2.95 bits per heavy atom. The fourth-order valence-electron chi connectivity index (χ4n) is 2.81. The van der Waals surface area contributed by atoms with Crippen LogP contribution < -0.4 is 10.2 Å². The third-order valence-corrected chi connectivity index (χ3v) is 4.78. The van der Waals surface area contributed by atoms with Gasteiger partial charge in [0, 0.05) is 25.8 Å². The fourth-order valence-corrected chi connectivity index (χ4v) is 3.54. The lowest BCUT2D eigenvalue weighted by Gasteiger charge is -2.17. The first-order valence-electron chi connectivity index (χ1n) is 7.52. The van der Waals surface area contributed by atoms with Crippen molar-refractivity contribution in [2.45, 2.75) is 19.4 Å². The Bertz CT molecular complexity index is 779. The Kier molecular flexibility index (Phi) is 3.60. The second kappa shape index (κ2) is 5.88. The molecule has 4 rings (SSSR count). The summed E-state index contributed by atoms with van der Waals surface area (Å²) in [6, 6.07) is 6.29. The van der Waals surface area contributed by atoms with Crippen LogP contribution in [0, 0.1) is 0 Å². The molecule has 1 aliphatic heterocycles. The van der Waals surface area contributed by atoms with E-state index in [2.05, 4.69) is 43.4 Å². The van der Waals surface area contributed by atoms with Gasteiger partial charge in [-0.2, -0.15) is 0 Å². The number of anilines is 2. The molecule has 0 aliphatic carbocycles. The van der Waals surface area contributed by atoms with Crippen molar-refractivity contribution in [3.63, 3.8) is 0 Å². The minimum Gasteiger partial charge on any atom is -0.365 e. The monoisotopic (exact) mass is 311 g/mol. The summed E-state index contributed by atoms with van der Waals surface area (Å²) < 4.78 is 0. The molecule has 0 aromatic carbocycles. The lowest BCUT2D eigenvalue weighted by molar-refractivity contribution is 0.931. The second-order valence-corrected chi connectivity index (χ2v) is 6.33. The van der Waals surface area contributed by atoms with Crippen molar-refractivity contribution in [2.75, 3.05) is 23.3 Å². The van der Waals surface area contributed by atoms with E-state index in [-0.39, 0.29) is 0 Å². The van der Waals surface area contributed by atoms with Crippen molar-refractivity contribution in [2.24, 2.45) is 0 Å². The van der Waals surface area contributed by atoms with Gasteiger partial charge >= 0.3 is 0 Å². The summed E-state index contributed by atoms with van der Waals surface area (Å²) >= 11 is 1.63. The molecule has 3 aromatic rings. The van der Waals surface area contributed by atoms with Gasteiger partial charge in [0.25, 0.3) is 0 Å². The number of nitrogens with zero attached hydrogens (tertiary/aromatic N) is 4. The summed E-state index contributed by atoms with van der Waals surface area (Å²) in [5.41, 5.74) is 1.22. The van der Waals surface area contributed by atoms with E-state index >= 15 is 0 Å². The lowest BCUT2D eigenvalue weighted by atomic mass is 10.2. The Morgan fingerprint density at radius 1 is 1.14 bits per heavy atom. The number of rotatable bonds is 4. The average molecular weight is 311 g/mol. The van der Waals surface area contributed by atoms with Crippen molar-refractivity contribution in [3.8, 4) is 0 Å². The van der Waals surface area contributed by atoms with E-state index < -0.39 is 0 Å². The van der Waals surface area contributed by atoms with Gasteiger partial charge in [-0.15, -0.1) is 11.3 Å². The standard InChI is InChI=1S/C16H17N5S/c1-2-7-21(6-1)14-9-12(3-5-17-14)10-18-15-13-4-8-22-16(13)20-11-19-15/h3-5,8-9,11H,1-2,6-7,10H2,(H,18,19,20). The van der Waals surface area contributed by atoms with Gasteiger partial charge in [-0.05, 0) is 42.0 Å². The highest BCUT2D eigenvalue weighted by atomic mass is 32.1. The molecular formula is C16H17N5S. The molecule has 1 fully saturated rings. The number of hydrogen-bond acceptors (Lipinski definition) is 6. The molecule has 1 saturated heterocycles. The first kappa shape index (κ1) is 13.5. The molecular weight excluding hydrogens is 294 g/mol. The topological polar surface area (TPSA) is 53.9 Å². The summed E-state index contributed by atoms with van der Waals surface area (Å²) in [6.45, 7) is 2.97. The molecule has 5 nitrogen and oxygen atoms in total. The van der Waals surface area contributed by atoms with Crippen LogP contribution in [0.15, 0.2) is 36.1 Å². The van der Waals surface area contributed by atoms with Gasteiger partial charge in [0.1, 0.15) is 22.8 Å². The van der Waals surface area contributed by atoms with Crippen LogP contribution >= 0.6 is 11.3 Å². The third kappa shape index (κ3) is 2.62. The van der Waals surface area contributed by atoms with Gasteiger partial charge in [-0.3, -0.25) is 0 Å². The fraction of sp³-hybridized carbons (Fsp3) is 0.312.